The zero-order chi connectivity index (χ0) is 9.30. The monoisotopic (exact) mass is 228 g/mol. The summed E-state index contributed by atoms with van der Waals surface area (Å²) >= 11 is 3.23. The smallest absolute Gasteiger partial charge is 0.161 e. The summed E-state index contributed by atoms with van der Waals surface area (Å²) in [6.45, 7) is 1.46. The first-order chi connectivity index (χ1) is 5.52. The van der Waals surface area contributed by atoms with Crippen molar-refractivity contribution in [1.29, 1.82) is 0 Å². The summed E-state index contributed by atoms with van der Waals surface area (Å²) in [5.41, 5.74) is 12.4. The van der Waals surface area contributed by atoms with Crippen LogP contribution < -0.4 is 11.5 Å². The summed E-state index contributed by atoms with van der Waals surface area (Å²) in [5.74, 6) is -0.0829. The second kappa shape index (κ2) is 3.15. The average molecular weight is 229 g/mol. The zero-order valence-corrected chi connectivity index (χ0v) is 8.18. The van der Waals surface area contributed by atoms with Gasteiger partial charge in [0.15, 0.2) is 5.78 Å². The maximum atomic E-state index is 11.0. The minimum Gasteiger partial charge on any atom is -0.397 e. The highest BCUT2D eigenvalue weighted by atomic mass is 79.9. The summed E-state index contributed by atoms with van der Waals surface area (Å²) in [6, 6.07) is 3.33. The highest BCUT2D eigenvalue weighted by Crippen LogP contribution is 2.25. The van der Waals surface area contributed by atoms with Gasteiger partial charge in [-0.3, -0.25) is 4.79 Å². The highest BCUT2D eigenvalue weighted by Gasteiger charge is 2.08. The van der Waals surface area contributed by atoms with Gasteiger partial charge in [-0.25, -0.2) is 0 Å². The van der Waals surface area contributed by atoms with Crippen molar-refractivity contribution < 1.29 is 4.79 Å². The second-order valence-electron chi connectivity index (χ2n) is 2.51. The van der Waals surface area contributed by atoms with E-state index in [4.69, 9.17) is 11.5 Å². The molecule has 0 bridgehead atoms. The standard InChI is InChI=1S/C8H9BrN2O/c1-4(12)6-2-5(9)3-7(10)8(6)11/h2-3H,10-11H2,1H3. The van der Waals surface area contributed by atoms with Crippen molar-refractivity contribution in [3.63, 3.8) is 0 Å². The number of carbonyl (C=O) groups is 1. The van der Waals surface area contributed by atoms with Crippen molar-refractivity contribution in [1.82, 2.24) is 0 Å². The SMILES string of the molecule is CC(=O)c1cc(Br)cc(N)c1N. The van der Waals surface area contributed by atoms with Crippen molar-refractivity contribution in [3.8, 4) is 0 Å². The maximum Gasteiger partial charge on any atom is 0.161 e. The molecule has 0 fully saturated rings. The lowest BCUT2D eigenvalue weighted by molar-refractivity contribution is 0.101. The average Bonchev–Trinajstić information content (AvgIpc) is 1.96. The van der Waals surface area contributed by atoms with E-state index in [1.807, 2.05) is 0 Å². The first kappa shape index (κ1) is 9.06. The van der Waals surface area contributed by atoms with Gasteiger partial charge in [-0.2, -0.15) is 0 Å². The van der Waals surface area contributed by atoms with Crippen LogP contribution in [-0.2, 0) is 0 Å². The third-order valence-electron chi connectivity index (χ3n) is 1.56. The van der Waals surface area contributed by atoms with Gasteiger partial charge < -0.3 is 11.5 Å². The van der Waals surface area contributed by atoms with E-state index in [-0.39, 0.29) is 5.78 Å². The van der Waals surface area contributed by atoms with Gasteiger partial charge in [-0.15, -0.1) is 0 Å². The van der Waals surface area contributed by atoms with E-state index in [9.17, 15) is 4.79 Å². The Morgan fingerprint density at radius 3 is 2.50 bits per heavy atom. The largest absolute Gasteiger partial charge is 0.397 e. The van der Waals surface area contributed by atoms with Gasteiger partial charge in [0.2, 0.25) is 0 Å². The van der Waals surface area contributed by atoms with Crippen LogP contribution in [0.15, 0.2) is 16.6 Å². The number of nitrogens with two attached hydrogens (primary N) is 2. The summed E-state index contributed by atoms with van der Waals surface area (Å²) in [7, 11) is 0. The van der Waals surface area contributed by atoms with Gasteiger partial charge in [0.05, 0.1) is 11.4 Å². The molecule has 4 N–H and O–H groups in total. The molecule has 0 amide bonds. The van der Waals surface area contributed by atoms with E-state index < -0.39 is 0 Å². The van der Waals surface area contributed by atoms with Crippen LogP contribution in [0.4, 0.5) is 11.4 Å². The molecule has 0 unspecified atom stereocenters. The number of anilines is 2. The Balaban J connectivity index is 3.37. The summed E-state index contributed by atoms with van der Waals surface area (Å²) in [5, 5.41) is 0. The first-order valence-corrected chi connectivity index (χ1v) is 4.17. The number of Topliss-reactive ketones (excluding diaryl/α,β-unsaturated/α-hetero) is 1. The highest BCUT2D eigenvalue weighted by molar-refractivity contribution is 9.10. The Bertz CT molecular complexity index is 336. The third kappa shape index (κ3) is 1.58. The minimum absolute atomic E-state index is 0.0829. The molecule has 0 aliphatic heterocycles. The van der Waals surface area contributed by atoms with Gasteiger partial charge in [-0.05, 0) is 19.1 Å². The molecule has 0 heterocycles. The fourth-order valence-corrected chi connectivity index (χ4v) is 1.41. The Labute approximate surface area is 78.9 Å². The van der Waals surface area contributed by atoms with E-state index in [1.54, 1.807) is 12.1 Å². The Morgan fingerprint density at radius 1 is 1.42 bits per heavy atom. The van der Waals surface area contributed by atoms with E-state index in [0.717, 1.165) is 4.47 Å². The van der Waals surface area contributed by atoms with Gasteiger partial charge in [0.25, 0.3) is 0 Å². The number of nitrogen functional groups attached to an aromatic ring is 2. The lowest BCUT2D eigenvalue weighted by Gasteiger charge is -2.05. The molecule has 0 saturated carbocycles. The maximum absolute atomic E-state index is 11.0. The molecule has 0 aliphatic rings. The number of hydrogen-bond acceptors (Lipinski definition) is 3. The van der Waals surface area contributed by atoms with Crippen molar-refractivity contribution in [2.24, 2.45) is 0 Å². The van der Waals surface area contributed by atoms with Crippen LogP contribution in [0.25, 0.3) is 0 Å². The number of halogens is 1. The fourth-order valence-electron chi connectivity index (χ4n) is 0.930. The molecule has 0 aromatic heterocycles. The van der Waals surface area contributed by atoms with Crippen molar-refractivity contribution >= 4 is 33.1 Å². The lowest BCUT2D eigenvalue weighted by atomic mass is 10.1. The second-order valence-corrected chi connectivity index (χ2v) is 3.43. The van der Waals surface area contributed by atoms with Gasteiger partial charge in [0.1, 0.15) is 0 Å². The van der Waals surface area contributed by atoms with Gasteiger partial charge in [0, 0.05) is 10.0 Å². The topological polar surface area (TPSA) is 69.1 Å². The first-order valence-electron chi connectivity index (χ1n) is 3.38. The molecule has 12 heavy (non-hydrogen) atoms. The van der Waals surface area contributed by atoms with Crippen LogP contribution in [0.5, 0.6) is 0 Å². The molecule has 0 radical (unpaired) electrons. The summed E-state index contributed by atoms with van der Waals surface area (Å²) < 4.78 is 0.763. The third-order valence-corrected chi connectivity index (χ3v) is 2.01. The van der Waals surface area contributed by atoms with Crippen LogP contribution in [0, 0.1) is 0 Å². The van der Waals surface area contributed by atoms with Crippen LogP contribution >= 0.6 is 15.9 Å². The number of ketones is 1. The number of benzene rings is 1. The van der Waals surface area contributed by atoms with Crippen molar-refractivity contribution in [3.05, 3.63) is 22.2 Å². The normalized spacial score (nSPS) is 9.83. The lowest BCUT2D eigenvalue weighted by Crippen LogP contribution is -2.03. The molecule has 1 aromatic rings. The van der Waals surface area contributed by atoms with E-state index in [0.29, 0.717) is 16.9 Å². The predicted molar refractivity (Wildman–Crippen MR) is 53.0 cm³/mol. The Morgan fingerprint density at radius 2 is 2.00 bits per heavy atom. The van der Waals surface area contributed by atoms with Crippen molar-refractivity contribution in [2.45, 2.75) is 6.92 Å². The minimum atomic E-state index is -0.0829. The Kier molecular flexibility index (Phi) is 2.38. The van der Waals surface area contributed by atoms with Crippen molar-refractivity contribution in [2.75, 3.05) is 11.5 Å². The molecule has 3 nitrogen and oxygen atoms in total. The molecule has 0 spiro atoms. The quantitative estimate of drug-likeness (QED) is 0.570. The van der Waals surface area contributed by atoms with E-state index in [1.165, 1.54) is 6.92 Å². The molecule has 1 rings (SSSR count). The summed E-state index contributed by atoms with van der Waals surface area (Å²) in [6.07, 6.45) is 0. The van der Waals surface area contributed by atoms with E-state index in [2.05, 4.69) is 15.9 Å². The van der Waals surface area contributed by atoms with Crippen LogP contribution in [0.1, 0.15) is 17.3 Å². The molecular formula is C8H9BrN2O. The molecule has 1 aromatic carbocycles. The van der Waals surface area contributed by atoms with Crippen LogP contribution in [-0.4, -0.2) is 5.78 Å². The molecule has 0 atom stereocenters. The number of rotatable bonds is 1. The molecule has 64 valence electrons. The van der Waals surface area contributed by atoms with Crippen LogP contribution in [0.2, 0.25) is 0 Å². The fraction of sp³-hybridized carbons (Fsp3) is 0.125. The van der Waals surface area contributed by atoms with Gasteiger partial charge >= 0.3 is 0 Å². The molecule has 0 saturated heterocycles. The molecule has 0 aliphatic carbocycles. The Hall–Kier alpha value is -1.03. The molecule has 4 heteroatoms. The summed E-state index contributed by atoms with van der Waals surface area (Å²) in [4.78, 5) is 11.0. The number of carbonyl (C=O) groups excluding carboxylic acids is 1. The zero-order valence-electron chi connectivity index (χ0n) is 6.60. The van der Waals surface area contributed by atoms with Gasteiger partial charge in [-0.1, -0.05) is 15.9 Å². The number of hydrogen-bond donors (Lipinski definition) is 2. The van der Waals surface area contributed by atoms with E-state index >= 15 is 0 Å². The van der Waals surface area contributed by atoms with Crippen LogP contribution in [0.3, 0.4) is 0 Å². The predicted octanol–water partition coefficient (Wildman–Crippen LogP) is 1.82. The molecular weight excluding hydrogens is 220 g/mol.